The maximum absolute atomic E-state index is 13.0. The SMILES string of the molecule is CC/C=C\C/C=C\C/C=C\CCCCCCCCCC(=O)NC(COC1OC(CO)C(O)C(O)C1O)C(O)/C=C/CC/C=C/CCCCCCCCCCCCCCC. The zero-order chi connectivity index (χ0) is 43.0. The van der Waals surface area contributed by atoms with Crippen LogP contribution in [0.15, 0.2) is 60.8 Å². The lowest BCUT2D eigenvalue weighted by Gasteiger charge is -2.40. The number of amides is 1. The first-order valence-electron chi connectivity index (χ1n) is 24.0. The number of ether oxygens (including phenoxy) is 2. The molecule has 0 bridgehead atoms. The Morgan fingerprint density at radius 3 is 1.63 bits per heavy atom. The number of hydrogen-bond donors (Lipinski definition) is 6. The van der Waals surface area contributed by atoms with Gasteiger partial charge in [-0.1, -0.05) is 184 Å². The average Bonchev–Trinajstić information content (AvgIpc) is 3.23. The van der Waals surface area contributed by atoms with Gasteiger partial charge in [-0.2, -0.15) is 0 Å². The fourth-order valence-electron chi connectivity index (χ4n) is 7.24. The highest BCUT2D eigenvalue weighted by Gasteiger charge is 2.44. The van der Waals surface area contributed by atoms with Gasteiger partial charge < -0.3 is 40.3 Å². The number of rotatable bonds is 39. The lowest BCUT2D eigenvalue weighted by Crippen LogP contribution is -2.60. The molecule has 1 fully saturated rings. The molecule has 0 spiro atoms. The molecule has 0 aromatic heterocycles. The topological polar surface area (TPSA) is 149 Å². The summed E-state index contributed by atoms with van der Waals surface area (Å²) in [4.78, 5) is 13.0. The molecule has 1 heterocycles. The molecule has 1 rings (SSSR count). The molecule has 0 saturated carbocycles. The first-order chi connectivity index (χ1) is 28.8. The highest BCUT2D eigenvalue weighted by Crippen LogP contribution is 2.22. The Balaban J connectivity index is 2.37. The maximum atomic E-state index is 13.0. The molecular formula is C50H89NO8. The van der Waals surface area contributed by atoms with Gasteiger partial charge in [-0.05, 0) is 64.2 Å². The Kier molecular flexibility index (Phi) is 37.2. The van der Waals surface area contributed by atoms with Crippen LogP contribution in [0.5, 0.6) is 0 Å². The Bertz CT molecular complexity index is 1100. The van der Waals surface area contributed by atoms with E-state index in [0.29, 0.717) is 6.42 Å². The predicted octanol–water partition coefficient (Wildman–Crippen LogP) is 10.4. The van der Waals surface area contributed by atoms with Gasteiger partial charge in [0.25, 0.3) is 0 Å². The third kappa shape index (κ3) is 30.6. The molecule has 9 heteroatoms. The second kappa shape index (κ2) is 40.0. The van der Waals surface area contributed by atoms with Crippen molar-refractivity contribution in [3.05, 3.63) is 60.8 Å². The highest BCUT2D eigenvalue weighted by molar-refractivity contribution is 5.76. The van der Waals surface area contributed by atoms with E-state index in [1.54, 1.807) is 6.08 Å². The van der Waals surface area contributed by atoms with Gasteiger partial charge in [-0.3, -0.25) is 4.79 Å². The average molecular weight is 832 g/mol. The summed E-state index contributed by atoms with van der Waals surface area (Å²) in [6.07, 6.45) is 45.5. The van der Waals surface area contributed by atoms with Crippen molar-refractivity contribution in [3.63, 3.8) is 0 Å². The fraction of sp³-hybridized carbons (Fsp3) is 0.780. The van der Waals surface area contributed by atoms with E-state index >= 15 is 0 Å². The van der Waals surface area contributed by atoms with Crippen LogP contribution in [0.2, 0.25) is 0 Å². The van der Waals surface area contributed by atoms with Crippen LogP contribution in [-0.4, -0.2) is 87.5 Å². The van der Waals surface area contributed by atoms with Crippen molar-refractivity contribution in [1.29, 1.82) is 0 Å². The van der Waals surface area contributed by atoms with Crippen LogP contribution in [0.4, 0.5) is 0 Å². The molecule has 1 saturated heterocycles. The van der Waals surface area contributed by atoms with Gasteiger partial charge in [-0.15, -0.1) is 0 Å². The lowest BCUT2D eigenvalue weighted by molar-refractivity contribution is -0.302. The van der Waals surface area contributed by atoms with Crippen LogP contribution in [0.1, 0.15) is 194 Å². The summed E-state index contributed by atoms with van der Waals surface area (Å²) >= 11 is 0. The highest BCUT2D eigenvalue weighted by atomic mass is 16.7. The summed E-state index contributed by atoms with van der Waals surface area (Å²) in [5.41, 5.74) is 0. The van der Waals surface area contributed by atoms with Crippen LogP contribution in [0.3, 0.4) is 0 Å². The zero-order valence-corrected chi connectivity index (χ0v) is 37.5. The predicted molar refractivity (Wildman–Crippen MR) is 244 cm³/mol. The van der Waals surface area contributed by atoms with Crippen molar-refractivity contribution in [1.82, 2.24) is 5.32 Å². The van der Waals surface area contributed by atoms with Crippen molar-refractivity contribution >= 4 is 5.91 Å². The first kappa shape index (κ1) is 54.9. The largest absolute Gasteiger partial charge is 0.394 e. The molecule has 0 aromatic carbocycles. The van der Waals surface area contributed by atoms with Crippen LogP contribution in [0, 0.1) is 0 Å². The van der Waals surface area contributed by atoms with Gasteiger partial charge in [0.1, 0.15) is 24.4 Å². The summed E-state index contributed by atoms with van der Waals surface area (Å²) in [7, 11) is 0. The normalized spacial score (nSPS) is 21.2. The molecule has 1 amide bonds. The van der Waals surface area contributed by atoms with Crippen LogP contribution in [0.25, 0.3) is 0 Å². The zero-order valence-electron chi connectivity index (χ0n) is 37.5. The molecule has 0 radical (unpaired) electrons. The first-order valence-corrected chi connectivity index (χ1v) is 24.0. The van der Waals surface area contributed by atoms with E-state index in [9.17, 15) is 30.3 Å². The maximum Gasteiger partial charge on any atom is 0.220 e. The number of carbonyl (C=O) groups excluding carboxylic acids is 1. The van der Waals surface area contributed by atoms with Crippen molar-refractivity contribution in [2.45, 2.75) is 236 Å². The third-order valence-electron chi connectivity index (χ3n) is 11.1. The van der Waals surface area contributed by atoms with Crippen LogP contribution >= 0.6 is 0 Å². The Morgan fingerprint density at radius 1 is 0.593 bits per heavy atom. The molecule has 7 unspecified atom stereocenters. The van der Waals surface area contributed by atoms with E-state index in [0.717, 1.165) is 70.6 Å². The number of hydrogen-bond acceptors (Lipinski definition) is 8. The molecule has 342 valence electrons. The number of nitrogens with one attached hydrogen (secondary N) is 1. The number of allylic oxidation sites excluding steroid dienone is 9. The van der Waals surface area contributed by atoms with Gasteiger partial charge in [0.2, 0.25) is 5.91 Å². The van der Waals surface area contributed by atoms with Gasteiger partial charge in [0, 0.05) is 6.42 Å². The Labute approximate surface area is 360 Å². The van der Waals surface area contributed by atoms with E-state index in [-0.39, 0.29) is 12.5 Å². The lowest BCUT2D eigenvalue weighted by atomic mass is 9.99. The summed E-state index contributed by atoms with van der Waals surface area (Å²) in [6.45, 7) is 3.64. The van der Waals surface area contributed by atoms with E-state index in [4.69, 9.17) is 9.47 Å². The molecule has 7 atom stereocenters. The second-order valence-electron chi connectivity index (χ2n) is 16.5. The summed E-state index contributed by atoms with van der Waals surface area (Å²) in [5, 5.41) is 54.2. The number of unbranched alkanes of at least 4 members (excludes halogenated alkanes) is 21. The number of carbonyl (C=O) groups is 1. The van der Waals surface area contributed by atoms with Crippen molar-refractivity contribution < 1.29 is 39.8 Å². The monoisotopic (exact) mass is 832 g/mol. The molecule has 0 aliphatic carbocycles. The van der Waals surface area contributed by atoms with E-state index in [1.807, 2.05) is 6.08 Å². The Hall–Kier alpha value is -2.11. The molecule has 1 aliphatic heterocycles. The minimum atomic E-state index is -1.58. The van der Waals surface area contributed by atoms with Crippen molar-refractivity contribution in [2.75, 3.05) is 13.2 Å². The molecule has 0 aromatic rings. The fourth-order valence-corrected chi connectivity index (χ4v) is 7.24. The molecule has 9 nitrogen and oxygen atoms in total. The molecule has 59 heavy (non-hydrogen) atoms. The van der Waals surface area contributed by atoms with E-state index < -0.39 is 49.5 Å². The van der Waals surface area contributed by atoms with E-state index in [1.165, 1.54) is 103 Å². The van der Waals surface area contributed by atoms with Crippen molar-refractivity contribution in [3.8, 4) is 0 Å². The van der Waals surface area contributed by atoms with Gasteiger partial charge >= 0.3 is 0 Å². The molecular weight excluding hydrogens is 743 g/mol. The van der Waals surface area contributed by atoms with Crippen LogP contribution in [-0.2, 0) is 14.3 Å². The summed E-state index contributed by atoms with van der Waals surface area (Å²) in [6, 6.07) is -0.828. The van der Waals surface area contributed by atoms with Gasteiger partial charge in [0.15, 0.2) is 6.29 Å². The number of aliphatic hydroxyl groups excluding tert-OH is 5. The van der Waals surface area contributed by atoms with Crippen LogP contribution < -0.4 is 5.32 Å². The molecule has 1 aliphatic rings. The van der Waals surface area contributed by atoms with E-state index in [2.05, 4.69) is 67.8 Å². The Morgan fingerprint density at radius 2 is 1.07 bits per heavy atom. The van der Waals surface area contributed by atoms with Gasteiger partial charge in [-0.25, -0.2) is 0 Å². The third-order valence-corrected chi connectivity index (χ3v) is 11.1. The summed E-state index contributed by atoms with van der Waals surface area (Å²) in [5.74, 6) is -0.199. The second-order valence-corrected chi connectivity index (χ2v) is 16.5. The number of aliphatic hydroxyl groups is 5. The summed E-state index contributed by atoms with van der Waals surface area (Å²) < 4.78 is 11.2. The van der Waals surface area contributed by atoms with Crippen molar-refractivity contribution in [2.24, 2.45) is 0 Å². The smallest absolute Gasteiger partial charge is 0.220 e. The minimum absolute atomic E-state index is 0.199. The quantitative estimate of drug-likeness (QED) is 0.0265. The minimum Gasteiger partial charge on any atom is -0.394 e. The molecule has 6 N–H and O–H groups in total. The standard InChI is InChI=1S/C50H89NO8/c1-3-5-7-9-11-13-15-17-19-21-22-24-25-27-29-31-33-35-37-39-44(53)43(42-58-50-49(57)48(56)47(55)45(41-52)59-50)51-46(54)40-38-36-34-32-30-28-26-23-20-18-16-14-12-10-8-6-4-2/h6,8,12,14,18,20,29,31,37,39,43-45,47-50,52-53,55-57H,3-5,7,9-11,13,15-17,19,21-28,30,32-36,38,40-42H2,1-2H3,(H,51,54)/b8-6-,14-12-,20-18-,31-29+,39-37+. The van der Waals surface area contributed by atoms with Gasteiger partial charge in [0.05, 0.1) is 25.4 Å².